The maximum absolute atomic E-state index is 10.3. The van der Waals surface area contributed by atoms with Crippen LogP contribution in [0.3, 0.4) is 0 Å². The van der Waals surface area contributed by atoms with Gasteiger partial charge in [0.2, 0.25) is 0 Å². The van der Waals surface area contributed by atoms with E-state index in [1.807, 2.05) is 6.08 Å². The highest BCUT2D eigenvalue weighted by Gasteiger charge is 2.09. The van der Waals surface area contributed by atoms with Crippen LogP contribution in [0.5, 0.6) is 0 Å². The Morgan fingerprint density at radius 3 is 3.06 bits per heavy atom. The molecule has 0 saturated heterocycles. The third-order valence-corrected chi connectivity index (χ3v) is 2.99. The second-order valence-corrected chi connectivity index (χ2v) is 4.11. The van der Waals surface area contributed by atoms with Crippen LogP contribution in [-0.2, 0) is 11.2 Å². The lowest BCUT2D eigenvalue weighted by molar-refractivity contribution is -0.107. The maximum atomic E-state index is 10.3. The van der Waals surface area contributed by atoms with Gasteiger partial charge >= 0.3 is 0 Å². The van der Waals surface area contributed by atoms with Gasteiger partial charge in [0, 0.05) is 6.42 Å². The zero-order valence-electron chi connectivity index (χ0n) is 9.57. The minimum atomic E-state index is 0.499. The van der Waals surface area contributed by atoms with Gasteiger partial charge < -0.3 is 4.79 Å². The number of fused-ring (bicyclic) bond motifs is 1. The van der Waals surface area contributed by atoms with Crippen molar-refractivity contribution in [1.82, 2.24) is 0 Å². The molecule has 0 saturated carbocycles. The van der Waals surface area contributed by atoms with E-state index in [0.29, 0.717) is 6.42 Å². The molecule has 1 aromatic carbocycles. The summed E-state index contributed by atoms with van der Waals surface area (Å²) >= 11 is 0. The van der Waals surface area contributed by atoms with Crippen molar-refractivity contribution in [1.29, 1.82) is 0 Å². The number of allylic oxidation sites excluding steroid dienone is 2. The number of aryl methyl sites for hydroxylation is 1. The van der Waals surface area contributed by atoms with Gasteiger partial charge in [-0.2, -0.15) is 0 Å². The van der Waals surface area contributed by atoms with Crippen LogP contribution in [0.15, 0.2) is 24.3 Å². The van der Waals surface area contributed by atoms with Crippen LogP contribution >= 0.6 is 0 Å². The minimum absolute atomic E-state index is 0.499. The molecule has 0 heterocycles. The van der Waals surface area contributed by atoms with E-state index in [2.05, 4.69) is 37.3 Å². The fraction of sp³-hybridized carbons (Fsp3) is 0.267. The van der Waals surface area contributed by atoms with Crippen LogP contribution in [0.2, 0.25) is 0 Å². The summed E-state index contributed by atoms with van der Waals surface area (Å²) in [5, 5.41) is 0. The molecule has 0 bridgehead atoms. The van der Waals surface area contributed by atoms with Gasteiger partial charge in [0.05, 0.1) is 0 Å². The standard InChI is InChI=1S/C15H16O/c1-12-9-10-13-6-2-3-8-15(13)14(12)7-4-5-11-16/h2,4,6-7,9-11H,3,5,8H2,1H3/b7-4-. The van der Waals surface area contributed by atoms with Crippen molar-refractivity contribution in [3.63, 3.8) is 0 Å². The van der Waals surface area contributed by atoms with Gasteiger partial charge in [-0.25, -0.2) is 0 Å². The summed E-state index contributed by atoms with van der Waals surface area (Å²) in [5.41, 5.74) is 5.33. The summed E-state index contributed by atoms with van der Waals surface area (Å²) in [4.78, 5) is 10.3. The van der Waals surface area contributed by atoms with Crippen molar-refractivity contribution in [3.8, 4) is 0 Å². The molecule has 1 aliphatic carbocycles. The summed E-state index contributed by atoms with van der Waals surface area (Å²) < 4.78 is 0. The quantitative estimate of drug-likeness (QED) is 0.700. The van der Waals surface area contributed by atoms with E-state index >= 15 is 0 Å². The fourth-order valence-corrected chi connectivity index (χ4v) is 2.15. The number of aldehydes is 1. The topological polar surface area (TPSA) is 17.1 Å². The molecule has 16 heavy (non-hydrogen) atoms. The normalized spacial score (nSPS) is 14.1. The van der Waals surface area contributed by atoms with E-state index in [-0.39, 0.29) is 0 Å². The summed E-state index contributed by atoms with van der Waals surface area (Å²) in [6, 6.07) is 4.33. The second kappa shape index (κ2) is 4.93. The molecule has 1 aromatic rings. The van der Waals surface area contributed by atoms with Crippen LogP contribution in [0.25, 0.3) is 12.2 Å². The van der Waals surface area contributed by atoms with E-state index in [4.69, 9.17) is 0 Å². The lowest BCUT2D eigenvalue weighted by Crippen LogP contribution is -1.99. The molecular formula is C15H16O. The van der Waals surface area contributed by atoms with Crippen LogP contribution < -0.4 is 0 Å². The molecule has 0 fully saturated rings. The average Bonchev–Trinajstić information content (AvgIpc) is 2.32. The molecule has 0 atom stereocenters. The van der Waals surface area contributed by atoms with Gasteiger partial charge in [-0.05, 0) is 42.0 Å². The minimum Gasteiger partial charge on any atom is -0.303 e. The van der Waals surface area contributed by atoms with Gasteiger partial charge in [0.1, 0.15) is 6.29 Å². The smallest absolute Gasteiger partial charge is 0.123 e. The second-order valence-electron chi connectivity index (χ2n) is 4.11. The molecule has 0 N–H and O–H groups in total. The Morgan fingerprint density at radius 2 is 2.25 bits per heavy atom. The maximum Gasteiger partial charge on any atom is 0.123 e. The highest BCUT2D eigenvalue weighted by atomic mass is 16.1. The Bertz CT molecular complexity index is 453. The van der Waals surface area contributed by atoms with Crippen LogP contribution in [0, 0.1) is 6.92 Å². The Kier molecular flexibility index (Phi) is 3.35. The van der Waals surface area contributed by atoms with Gasteiger partial charge in [0.15, 0.2) is 0 Å². The number of carbonyl (C=O) groups excluding carboxylic acids is 1. The molecule has 0 aromatic heterocycles. The van der Waals surface area contributed by atoms with E-state index in [1.165, 1.54) is 22.3 Å². The Hall–Kier alpha value is -1.63. The lowest BCUT2D eigenvalue weighted by Gasteiger charge is -2.15. The molecular weight excluding hydrogens is 196 g/mol. The van der Waals surface area contributed by atoms with Gasteiger partial charge in [-0.15, -0.1) is 0 Å². The fourth-order valence-electron chi connectivity index (χ4n) is 2.15. The zero-order chi connectivity index (χ0) is 11.4. The monoisotopic (exact) mass is 212 g/mol. The first kappa shape index (κ1) is 10.9. The first-order valence-electron chi connectivity index (χ1n) is 5.72. The van der Waals surface area contributed by atoms with Crippen LogP contribution in [-0.4, -0.2) is 6.29 Å². The lowest BCUT2D eigenvalue weighted by atomic mass is 9.90. The highest BCUT2D eigenvalue weighted by Crippen LogP contribution is 2.26. The number of benzene rings is 1. The van der Waals surface area contributed by atoms with Crippen LogP contribution in [0.4, 0.5) is 0 Å². The summed E-state index contributed by atoms with van der Waals surface area (Å²) in [6.45, 7) is 2.12. The van der Waals surface area contributed by atoms with Crippen molar-refractivity contribution < 1.29 is 4.79 Å². The predicted octanol–water partition coefficient (Wildman–Crippen LogP) is 3.56. The van der Waals surface area contributed by atoms with E-state index in [1.54, 1.807) is 0 Å². The third-order valence-electron chi connectivity index (χ3n) is 2.99. The number of hydrogen-bond donors (Lipinski definition) is 0. The van der Waals surface area contributed by atoms with Gasteiger partial charge in [-0.1, -0.05) is 36.4 Å². The molecule has 0 amide bonds. The molecule has 0 radical (unpaired) electrons. The predicted molar refractivity (Wildman–Crippen MR) is 68.2 cm³/mol. The van der Waals surface area contributed by atoms with Gasteiger partial charge in [0.25, 0.3) is 0 Å². The van der Waals surface area contributed by atoms with E-state index in [0.717, 1.165) is 19.1 Å². The molecule has 0 unspecified atom stereocenters. The van der Waals surface area contributed by atoms with E-state index < -0.39 is 0 Å². The number of rotatable bonds is 3. The van der Waals surface area contributed by atoms with Crippen LogP contribution in [0.1, 0.15) is 35.1 Å². The summed E-state index contributed by atoms with van der Waals surface area (Å²) in [6.07, 6.45) is 12.1. The van der Waals surface area contributed by atoms with Crippen molar-refractivity contribution in [2.45, 2.75) is 26.2 Å². The van der Waals surface area contributed by atoms with Gasteiger partial charge in [-0.3, -0.25) is 0 Å². The van der Waals surface area contributed by atoms with Crippen molar-refractivity contribution in [2.24, 2.45) is 0 Å². The Morgan fingerprint density at radius 1 is 1.38 bits per heavy atom. The Balaban J connectivity index is 2.42. The molecule has 2 rings (SSSR count). The Labute approximate surface area is 96.5 Å². The molecule has 1 heteroatoms. The average molecular weight is 212 g/mol. The summed E-state index contributed by atoms with van der Waals surface area (Å²) in [7, 11) is 0. The number of hydrogen-bond acceptors (Lipinski definition) is 1. The van der Waals surface area contributed by atoms with Crippen molar-refractivity contribution >= 4 is 18.4 Å². The third kappa shape index (κ3) is 2.13. The molecule has 0 aliphatic heterocycles. The SMILES string of the molecule is Cc1ccc2c(c1/C=C\CC=O)CCC=C2. The first-order chi connectivity index (χ1) is 7.83. The summed E-state index contributed by atoms with van der Waals surface area (Å²) in [5.74, 6) is 0. The molecule has 1 aliphatic rings. The van der Waals surface area contributed by atoms with Crippen molar-refractivity contribution in [2.75, 3.05) is 0 Å². The highest BCUT2D eigenvalue weighted by molar-refractivity contribution is 5.68. The molecule has 82 valence electrons. The zero-order valence-corrected chi connectivity index (χ0v) is 9.57. The number of carbonyl (C=O) groups is 1. The molecule has 1 nitrogen and oxygen atoms in total. The van der Waals surface area contributed by atoms with E-state index in [9.17, 15) is 4.79 Å². The first-order valence-corrected chi connectivity index (χ1v) is 5.72. The molecule has 0 spiro atoms. The van der Waals surface area contributed by atoms with Crippen molar-refractivity contribution in [3.05, 3.63) is 46.5 Å². The largest absolute Gasteiger partial charge is 0.303 e.